The summed E-state index contributed by atoms with van der Waals surface area (Å²) in [6.07, 6.45) is -2.66. The van der Waals surface area contributed by atoms with Crippen molar-refractivity contribution < 1.29 is 22.0 Å². The quantitative estimate of drug-likeness (QED) is 0.612. The molecular weight excluding hydrogens is 351 g/mol. The van der Waals surface area contributed by atoms with Crippen LogP contribution in [0.2, 0.25) is 0 Å². The summed E-state index contributed by atoms with van der Waals surface area (Å²) >= 11 is 1.15. The molecular formula is C14H11F5N4S. The average molecular weight is 362 g/mol. The molecule has 0 saturated carbocycles. The van der Waals surface area contributed by atoms with Crippen LogP contribution in [-0.4, -0.2) is 34.0 Å². The van der Waals surface area contributed by atoms with Crippen molar-refractivity contribution in [2.24, 2.45) is 4.99 Å². The Bertz CT molecular complexity index is 752. The second-order valence-electron chi connectivity index (χ2n) is 4.72. The molecule has 0 unspecified atom stereocenters. The summed E-state index contributed by atoms with van der Waals surface area (Å²) in [7, 11) is 0. The van der Waals surface area contributed by atoms with Gasteiger partial charge >= 0.3 is 12.1 Å². The molecule has 2 aromatic heterocycles. The Hall–Kier alpha value is -2.23. The zero-order chi connectivity index (χ0) is 18.0. The summed E-state index contributed by atoms with van der Waals surface area (Å²) < 4.78 is 62.3. The molecule has 128 valence electrons. The standard InChI is InChI=1S/C14H11F5N4S/c1-8-11(24-12(23-8)9-3-2-5-21-7-9)22-6-4-10(20)13(15,16)14(17,18)19/h2-3,5-7,20H,4H2,1H3. The molecule has 0 aliphatic rings. The van der Waals surface area contributed by atoms with Crippen molar-refractivity contribution in [1.29, 1.82) is 5.41 Å². The lowest BCUT2D eigenvalue weighted by atomic mass is 10.1. The molecule has 0 aromatic carbocycles. The third-order valence-electron chi connectivity index (χ3n) is 2.92. The third-order valence-corrected chi connectivity index (χ3v) is 4.03. The number of nitrogens with zero attached hydrogens (tertiary/aromatic N) is 3. The van der Waals surface area contributed by atoms with Gasteiger partial charge in [-0.15, -0.1) is 0 Å². The summed E-state index contributed by atoms with van der Waals surface area (Å²) in [4.78, 5) is 12.1. The van der Waals surface area contributed by atoms with Gasteiger partial charge in [0.15, 0.2) is 0 Å². The van der Waals surface area contributed by atoms with Crippen LogP contribution in [0.15, 0.2) is 29.5 Å². The van der Waals surface area contributed by atoms with Crippen molar-refractivity contribution in [3.63, 3.8) is 0 Å². The number of aromatic nitrogens is 2. The van der Waals surface area contributed by atoms with Gasteiger partial charge in [-0.25, -0.2) is 9.98 Å². The molecule has 24 heavy (non-hydrogen) atoms. The number of aliphatic imine (C=N–C) groups is 1. The highest BCUT2D eigenvalue weighted by Crippen LogP contribution is 2.37. The number of nitrogens with one attached hydrogen (secondary N) is 1. The second kappa shape index (κ2) is 6.71. The summed E-state index contributed by atoms with van der Waals surface area (Å²) in [6.45, 7) is 1.64. The van der Waals surface area contributed by atoms with E-state index in [4.69, 9.17) is 5.41 Å². The van der Waals surface area contributed by atoms with Crippen LogP contribution in [0.5, 0.6) is 0 Å². The number of hydrogen-bond acceptors (Lipinski definition) is 5. The van der Waals surface area contributed by atoms with Crippen LogP contribution in [0.25, 0.3) is 10.6 Å². The average Bonchev–Trinajstić information content (AvgIpc) is 2.88. The Balaban J connectivity index is 2.11. The van der Waals surface area contributed by atoms with E-state index in [1.165, 1.54) is 0 Å². The van der Waals surface area contributed by atoms with E-state index < -0.39 is 24.2 Å². The van der Waals surface area contributed by atoms with Crippen molar-refractivity contribution in [2.75, 3.05) is 0 Å². The smallest absolute Gasteiger partial charge is 0.303 e. The maximum absolute atomic E-state index is 12.9. The number of alkyl halides is 5. The summed E-state index contributed by atoms with van der Waals surface area (Å²) in [5.41, 5.74) is -0.513. The predicted octanol–water partition coefficient (Wildman–Crippen LogP) is 4.82. The van der Waals surface area contributed by atoms with Crippen LogP contribution in [0.4, 0.5) is 27.0 Å². The van der Waals surface area contributed by atoms with Crippen molar-refractivity contribution >= 4 is 28.3 Å². The molecule has 0 fully saturated rings. The van der Waals surface area contributed by atoms with Crippen molar-refractivity contribution in [2.45, 2.75) is 25.4 Å². The van der Waals surface area contributed by atoms with Gasteiger partial charge in [-0.1, -0.05) is 11.3 Å². The van der Waals surface area contributed by atoms with E-state index in [-0.39, 0.29) is 0 Å². The predicted molar refractivity (Wildman–Crippen MR) is 81.6 cm³/mol. The van der Waals surface area contributed by atoms with E-state index in [1.807, 2.05) is 0 Å². The molecule has 0 spiro atoms. The van der Waals surface area contributed by atoms with Gasteiger partial charge in [0.25, 0.3) is 0 Å². The highest BCUT2D eigenvalue weighted by atomic mass is 32.1. The van der Waals surface area contributed by atoms with E-state index >= 15 is 0 Å². The van der Waals surface area contributed by atoms with Gasteiger partial charge in [-0.3, -0.25) is 4.98 Å². The summed E-state index contributed by atoms with van der Waals surface area (Å²) in [5, 5.41) is 7.90. The van der Waals surface area contributed by atoms with E-state index in [1.54, 1.807) is 31.5 Å². The number of halogens is 5. The van der Waals surface area contributed by atoms with Gasteiger partial charge in [-0.2, -0.15) is 22.0 Å². The zero-order valence-corrected chi connectivity index (χ0v) is 13.1. The van der Waals surface area contributed by atoms with Crippen LogP contribution < -0.4 is 0 Å². The molecule has 0 saturated heterocycles. The molecule has 0 aliphatic carbocycles. The number of thiazole rings is 1. The first-order chi connectivity index (χ1) is 11.1. The zero-order valence-electron chi connectivity index (χ0n) is 12.2. The van der Waals surface area contributed by atoms with Gasteiger partial charge in [0.05, 0.1) is 11.4 Å². The third kappa shape index (κ3) is 3.81. The normalized spacial score (nSPS) is 12.8. The summed E-state index contributed by atoms with van der Waals surface area (Å²) in [5.74, 6) is -5.16. The minimum Gasteiger partial charge on any atom is -0.303 e. The molecule has 0 amide bonds. The lowest BCUT2D eigenvalue weighted by Gasteiger charge is -2.19. The SMILES string of the molecule is Cc1nc(-c2cccnc2)sc1N=CCC(=N)C(F)(F)C(F)(F)F. The molecule has 0 atom stereocenters. The van der Waals surface area contributed by atoms with Crippen molar-refractivity contribution in [3.05, 3.63) is 30.2 Å². The van der Waals surface area contributed by atoms with E-state index in [0.29, 0.717) is 15.7 Å². The fourth-order valence-electron chi connectivity index (χ4n) is 1.64. The lowest BCUT2D eigenvalue weighted by Crippen LogP contribution is -2.43. The molecule has 2 rings (SSSR count). The number of aryl methyl sites for hydroxylation is 1. The monoisotopic (exact) mass is 362 g/mol. The molecule has 0 bridgehead atoms. The first-order valence-electron chi connectivity index (χ1n) is 6.55. The molecule has 10 heteroatoms. The first kappa shape index (κ1) is 18.1. The van der Waals surface area contributed by atoms with Gasteiger partial charge in [0, 0.05) is 30.6 Å². The van der Waals surface area contributed by atoms with Gasteiger partial charge in [-0.05, 0) is 19.1 Å². The molecule has 4 nitrogen and oxygen atoms in total. The Kier molecular flexibility index (Phi) is 5.07. The van der Waals surface area contributed by atoms with E-state index in [2.05, 4.69) is 15.0 Å². The highest BCUT2D eigenvalue weighted by Gasteiger charge is 2.60. The molecule has 0 radical (unpaired) electrons. The number of rotatable bonds is 5. The fourth-order valence-corrected chi connectivity index (χ4v) is 2.56. The van der Waals surface area contributed by atoms with Crippen LogP contribution >= 0.6 is 11.3 Å². The molecule has 2 heterocycles. The van der Waals surface area contributed by atoms with Gasteiger partial charge < -0.3 is 5.41 Å². The molecule has 0 aliphatic heterocycles. The van der Waals surface area contributed by atoms with E-state index in [9.17, 15) is 22.0 Å². The Labute approximate surface area is 137 Å². The highest BCUT2D eigenvalue weighted by molar-refractivity contribution is 7.18. The fraction of sp³-hybridized carbons (Fsp3) is 0.286. The Morgan fingerprint density at radius 3 is 2.62 bits per heavy atom. The molecule has 1 N–H and O–H groups in total. The van der Waals surface area contributed by atoms with Crippen molar-refractivity contribution in [1.82, 2.24) is 9.97 Å². The minimum atomic E-state index is -5.79. The lowest BCUT2D eigenvalue weighted by molar-refractivity contribution is -0.249. The van der Waals surface area contributed by atoms with Crippen LogP contribution in [0.1, 0.15) is 12.1 Å². The van der Waals surface area contributed by atoms with Gasteiger partial charge in [0.1, 0.15) is 10.0 Å². The topological polar surface area (TPSA) is 62.0 Å². The van der Waals surface area contributed by atoms with Gasteiger partial charge in [0.2, 0.25) is 0 Å². The van der Waals surface area contributed by atoms with Crippen LogP contribution in [0.3, 0.4) is 0 Å². The summed E-state index contributed by atoms with van der Waals surface area (Å²) in [6, 6.07) is 3.49. The van der Waals surface area contributed by atoms with Crippen LogP contribution in [0, 0.1) is 12.3 Å². The Morgan fingerprint density at radius 2 is 2.04 bits per heavy atom. The van der Waals surface area contributed by atoms with Crippen molar-refractivity contribution in [3.8, 4) is 10.6 Å². The Morgan fingerprint density at radius 1 is 1.33 bits per heavy atom. The van der Waals surface area contributed by atoms with E-state index in [0.717, 1.165) is 23.1 Å². The molecule has 2 aromatic rings. The maximum Gasteiger partial charge on any atom is 0.459 e. The largest absolute Gasteiger partial charge is 0.459 e. The number of hydrogen-bond donors (Lipinski definition) is 1. The number of pyridine rings is 1. The minimum absolute atomic E-state index is 0.372. The first-order valence-corrected chi connectivity index (χ1v) is 7.37. The maximum atomic E-state index is 12.9. The van der Waals surface area contributed by atoms with Crippen LogP contribution in [-0.2, 0) is 0 Å². The second-order valence-corrected chi connectivity index (χ2v) is 5.70.